The van der Waals surface area contributed by atoms with Crippen LogP contribution in [0.2, 0.25) is 0 Å². The van der Waals surface area contributed by atoms with Crippen molar-refractivity contribution in [2.24, 2.45) is 11.3 Å². The molecule has 2 aromatic rings. The second-order valence-electron chi connectivity index (χ2n) is 10.5. The topological polar surface area (TPSA) is 62.3 Å². The molecule has 1 saturated carbocycles. The van der Waals surface area contributed by atoms with Gasteiger partial charge in [-0.15, -0.1) is 0 Å². The summed E-state index contributed by atoms with van der Waals surface area (Å²) in [6.45, 7) is 8.73. The Balaban J connectivity index is 1.21. The van der Waals surface area contributed by atoms with Crippen LogP contribution in [0.3, 0.4) is 0 Å². The number of piperidine rings is 1. The zero-order chi connectivity index (χ0) is 22.8. The number of rotatable bonds is 6. The minimum atomic E-state index is 0.0830. The predicted molar refractivity (Wildman–Crippen MR) is 126 cm³/mol. The van der Waals surface area contributed by atoms with Crippen molar-refractivity contribution >= 4 is 11.8 Å². The highest BCUT2D eigenvalue weighted by atomic mass is 16.2. The number of benzene rings is 1. The summed E-state index contributed by atoms with van der Waals surface area (Å²) in [6, 6.07) is 12.1. The summed E-state index contributed by atoms with van der Waals surface area (Å²) in [7, 11) is 0. The lowest BCUT2D eigenvalue weighted by Gasteiger charge is -2.33. The second kappa shape index (κ2) is 9.05. The van der Waals surface area contributed by atoms with E-state index in [1.54, 1.807) is 12.4 Å². The van der Waals surface area contributed by atoms with E-state index < -0.39 is 0 Å². The molecule has 1 aromatic carbocycles. The van der Waals surface area contributed by atoms with Gasteiger partial charge in [0.05, 0.1) is 0 Å². The largest absolute Gasteiger partial charge is 0.356 e. The van der Waals surface area contributed by atoms with Gasteiger partial charge in [0.1, 0.15) is 0 Å². The molecular formula is C27H35N3O2. The van der Waals surface area contributed by atoms with Crippen molar-refractivity contribution in [2.75, 3.05) is 19.6 Å². The summed E-state index contributed by atoms with van der Waals surface area (Å²) in [5.74, 6) is 0.419. The number of aromatic nitrogens is 1. The quantitative estimate of drug-likeness (QED) is 0.688. The van der Waals surface area contributed by atoms with Crippen LogP contribution in [0.4, 0.5) is 0 Å². The molecule has 1 aliphatic heterocycles. The average Bonchev–Trinajstić information content (AvgIpc) is 3.50. The third kappa shape index (κ3) is 5.03. The van der Waals surface area contributed by atoms with Gasteiger partial charge in [0.2, 0.25) is 5.91 Å². The standard InChI is InChI=1S/C27H35N3O2/c1-26(2,3)22-8-6-21(7-9-22)25(32)30-17-12-27(13-18-30)19-23(27)24(31)29-14-4-5-20-10-15-28-16-11-20/h6-11,15-16,23H,4-5,12-14,17-19H2,1-3H3,(H,29,31). The Morgan fingerprint density at radius 2 is 1.72 bits per heavy atom. The third-order valence-electron chi connectivity index (χ3n) is 7.24. The first-order valence-electron chi connectivity index (χ1n) is 11.8. The number of nitrogens with zero attached hydrogens (tertiary/aromatic N) is 2. The Morgan fingerprint density at radius 3 is 2.34 bits per heavy atom. The van der Waals surface area contributed by atoms with E-state index in [1.807, 2.05) is 29.2 Å². The second-order valence-corrected chi connectivity index (χ2v) is 10.5. The summed E-state index contributed by atoms with van der Waals surface area (Å²) >= 11 is 0. The summed E-state index contributed by atoms with van der Waals surface area (Å²) in [6.07, 6.45) is 8.31. The van der Waals surface area contributed by atoms with Crippen molar-refractivity contribution in [3.63, 3.8) is 0 Å². The lowest BCUT2D eigenvalue weighted by atomic mass is 9.86. The summed E-state index contributed by atoms with van der Waals surface area (Å²) < 4.78 is 0. The maximum Gasteiger partial charge on any atom is 0.253 e. The van der Waals surface area contributed by atoms with Gasteiger partial charge in [-0.25, -0.2) is 0 Å². The van der Waals surface area contributed by atoms with E-state index in [-0.39, 0.29) is 28.6 Å². The van der Waals surface area contributed by atoms with Crippen molar-refractivity contribution in [3.8, 4) is 0 Å². The monoisotopic (exact) mass is 433 g/mol. The van der Waals surface area contributed by atoms with E-state index in [0.717, 1.165) is 50.8 Å². The van der Waals surface area contributed by atoms with Gasteiger partial charge in [-0.2, -0.15) is 0 Å². The molecule has 170 valence electrons. The molecule has 2 heterocycles. The van der Waals surface area contributed by atoms with Crippen LogP contribution in [0, 0.1) is 11.3 Å². The number of pyridine rings is 1. The van der Waals surface area contributed by atoms with E-state index >= 15 is 0 Å². The van der Waals surface area contributed by atoms with E-state index in [0.29, 0.717) is 6.54 Å². The first kappa shape index (κ1) is 22.5. The van der Waals surface area contributed by atoms with E-state index in [4.69, 9.17) is 0 Å². The van der Waals surface area contributed by atoms with Gasteiger partial charge in [0.25, 0.3) is 5.91 Å². The normalized spacial score (nSPS) is 19.6. The van der Waals surface area contributed by atoms with Crippen molar-refractivity contribution in [1.82, 2.24) is 15.2 Å². The fourth-order valence-electron chi connectivity index (χ4n) is 4.90. The molecule has 2 aliphatic rings. The van der Waals surface area contributed by atoms with Crippen molar-refractivity contribution in [3.05, 3.63) is 65.5 Å². The van der Waals surface area contributed by atoms with Gasteiger partial charge in [0, 0.05) is 43.5 Å². The van der Waals surface area contributed by atoms with Gasteiger partial charge in [-0.05, 0) is 78.3 Å². The lowest BCUT2D eigenvalue weighted by Crippen LogP contribution is -2.40. The van der Waals surface area contributed by atoms with E-state index in [2.05, 4.69) is 43.2 Å². The lowest BCUT2D eigenvalue weighted by molar-refractivity contribution is -0.123. The number of hydrogen-bond acceptors (Lipinski definition) is 3. The summed E-state index contributed by atoms with van der Waals surface area (Å²) in [5, 5.41) is 3.13. The number of carbonyl (C=O) groups is 2. The molecule has 2 fully saturated rings. The highest BCUT2D eigenvalue weighted by molar-refractivity contribution is 5.94. The Bertz CT molecular complexity index is 939. The number of nitrogens with one attached hydrogen (secondary N) is 1. The van der Waals surface area contributed by atoms with Gasteiger partial charge < -0.3 is 10.2 Å². The molecule has 1 spiro atoms. The Morgan fingerprint density at radius 1 is 1.06 bits per heavy atom. The van der Waals surface area contributed by atoms with E-state index in [1.165, 1.54) is 11.1 Å². The fourth-order valence-corrected chi connectivity index (χ4v) is 4.90. The number of carbonyl (C=O) groups excluding carboxylic acids is 2. The number of aryl methyl sites for hydroxylation is 1. The minimum absolute atomic E-state index is 0.0830. The molecule has 5 heteroatoms. The Labute approximate surface area is 191 Å². The summed E-state index contributed by atoms with van der Waals surface area (Å²) in [5.41, 5.74) is 3.44. The molecule has 4 rings (SSSR count). The van der Waals surface area contributed by atoms with Crippen LogP contribution in [0.25, 0.3) is 0 Å². The first-order chi connectivity index (χ1) is 15.3. The molecule has 2 amide bonds. The van der Waals surface area contributed by atoms with Crippen molar-refractivity contribution in [2.45, 2.75) is 58.3 Å². The molecule has 1 aromatic heterocycles. The van der Waals surface area contributed by atoms with Crippen LogP contribution < -0.4 is 5.32 Å². The Kier molecular flexibility index (Phi) is 6.36. The average molecular weight is 434 g/mol. The highest BCUT2D eigenvalue weighted by Crippen LogP contribution is 2.59. The van der Waals surface area contributed by atoms with Crippen LogP contribution in [-0.4, -0.2) is 41.3 Å². The summed E-state index contributed by atoms with van der Waals surface area (Å²) in [4.78, 5) is 31.6. The highest BCUT2D eigenvalue weighted by Gasteiger charge is 2.58. The van der Waals surface area contributed by atoms with Gasteiger partial charge in [-0.1, -0.05) is 32.9 Å². The number of hydrogen-bond donors (Lipinski definition) is 1. The Hall–Kier alpha value is -2.69. The van der Waals surface area contributed by atoms with Crippen LogP contribution in [0.1, 0.15) is 67.9 Å². The molecule has 1 unspecified atom stereocenters. The molecule has 0 bridgehead atoms. The van der Waals surface area contributed by atoms with E-state index in [9.17, 15) is 9.59 Å². The zero-order valence-corrected chi connectivity index (χ0v) is 19.6. The number of likely N-dealkylation sites (tertiary alicyclic amines) is 1. The molecule has 0 radical (unpaired) electrons. The van der Waals surface area contributed by atoms with Crippen LogP contribution >= 0.6 is 0 Å². The molecule has 32 heavy (non-hydrogen) atoms. The zero-order valence-electron chi connectivity index (χ0n) is 19.6. The molecule has 1 N–H and O–H groups in total. The molecular weight excluding hydrogens is 398 g/mol. The first-order valence-corrected chi connectivity index (χ1v) is 11.8. The van der Waals surface area contributed by atoms with Gasteiger partial charge in [-0.3, -0.25) is 14.6 Å². The molecule has 1 aliphatic carbocycles. The van der Waals surface area contributed by atoms with Gasteiger partial charge >= 0.3 is 0 Å². The number of amides is 2. The smallest absolute Gasteiger partial charge is 0.253 e. The molecule has 5 nitrogen and oxygen atoms in total. The van der Waals surface area contributed by atoms with Crippen molar-refractivity contribution < 1.29 is 9.59 Å². The maximum absolute atomic E-state index is 12.9. The van der Waals surface area contributed by atoms with Crippen LogP contribution in [0.15, 0.2) is 48.8 Å². The van der Waals surface area contributed by atoms with Crippen LogP contribution in [-0.2, 0) is 16.6 Å². The third-order valence-corrected chi connectivity index (χ3v) is 7.24. The van der Waals surface area contributed by atoms with Crippen molar-refractivity contribution in [1.29, 1.82) is 0 Å². The maximum atomic E-state index is 12.9. The molecule has 1 saturated heterocycles. The van der Waals surface area contributed by atoms with Gasteiger partial charge in [0.15, 0.2) is 0 Å². The SMILES string of the molecule is CC(C)(C)c1ccc(C(=O)N2CCC3(CC2)CC3C(=O)NCCCc2ccncc2)cc1. The minimum Gasteiger partial charge on any atom is -0.356 e. The predicted octanol–water partition coefficient (Wildman–Crippen LogP) is 4.37. The fraction of sp³-hybridized carbons (Fsp3) is 0.519. The molecule has 1 atom stereocenters. The van der Waals surface area contributed by atoms with Crippen LogP contribution in [0.5, 0.6) is 0 Å².